The Morgan fingerprint density at radius 2 is 2.20 bits per heavy atom. The van der Waals surface area contributed by atoms with Crippen LogP contribution in [0.5, 0.6) is 0 Å². The van der Waals surface area contributed by atoms with Crippen molar-refractivity contribution in [1.82, 2.24) is 5.32 Å². The molecule has 1 aromatic rings. The lowest BCUT2D eigenvalue weighted by atomic mass is 9.91. The first-order chi connectivity index (χ1) is 7.06. The van der Waals surface area contributed by atoms with Crippen molar-refractivity contribution in [2.75, 3.05) is 18.8 Å². The first-order valence-corrected chi connectivity index (χ1v) is 6.96. The summed E-state index contributed by atoms with van der Waals surface area (Å²) < 4.78 is 0.869. The molecule has 1 heterocycles. The Kier molecular flexibility index (Phi) is 5.47. The standard InChI is InChI=1S/C11H18ClNS2/c1-11(2,8-13-6-3-7-14)9-4-5-10(12)15-9/h4-5,13-14H,3,6-8H2,1-2H3. The number of halogens is 1. The molecule has 0 unspecified atom stereocenters. The number of hydrogen-bond acceptors (Lipinski definition) is 3. The van der Waals surface area contributed by atoms with Gasteiger partial charge in [0, 0.05) is 16.8 Å². The van der Waals surface area contributed by atoms with Crippen molar-refractivity contribution < 1.29 is 0 Å². The number of nitrogens with one attached hydrogen (secondary N) is 1. The fraction of sp³-hybridized carbons (Fsp3) is 0.636. The van der Waals surface area contributed by atoms with Crippen molar-refractivity contribution in [2.24, 2.45) is 0 Å². The third-order valence-corrected chi connectivity index (χ3v) is 4.23. The first-order valence-electron chi connectivity index (χ1n) is 5.13. The van der Waals surface area contributed by atoms with E-state index in [1.807, 2.05) is 6.07 Å². The topological polar surface area (TPSA) is 12.0 Å². The Bertz CT molecular complexity index is 297. The molecule has 0 aliphatic carbocycles. The number of thiophene rings is 1. The van der Waals surface area contributed by atoms with E-state index in [9.17, 15) is 0 Å². The van der Waals surface area contributed by atoms with Gasteiger partial charge in [0.25, 0.3) is 0 Å². The van der Waals surface area contributed by atoms with E-state index in [-0.39, 0.29) is 5.41 Å². The Labute approximate surface area is 107 Å². The van der Waals surface area contributed by atoms with Crippen molar-refractivity contribution in [3.8, 4) is 0 Å². The fourth-order valence-electron chi connectivity index (χ4n) is 1.37. The lowest BCUT2D eigenvalue weighted by molar-refractivity contribution is 0.478. The number of rotatable bonds is 6. The van der Waals surface area contributed by atoms with E-state index in [2.05, 4.69) is 37.9 Å². The number of thiol groups is 1. The van der Waals surface area contributed by atoms with Crippen LogP contribution in [0.2, 0.25) is 4.34 Å². The zero-order chi connectivity index (χ0) is 11.3. The Morgan fingerprint density at radius 3 is 2.73 bits per heavy atom. The minimum absolute atomic E-state index is 0.161. The Morgan fingerprint density at radius 1 is 1.47 bits per heavy atom. The second kappa shape index (κ2) is 6.14. The minimum Gasteiger partial charge on any atom is -0.316 e. The van der Waals surface area contributed by atoms with Gasteiger partial charge in [0.2, 0.25) is 0 Å². The van der Waals surface area contributed by atoms with Crippen LogP contribution >= 0.6 is 35.6 Å². The van der Waals surface area contributed by atoms with Gasteiger partial charge in [-0.15, -0.1) is 11.3 Å². The van der Waals surface area contributed by atoms with Gasteiger partial charge in [-0.25, -0.2) is 0 Å². The van der Waals surface area contributed by atoms with E-state index in [4.69, 9.17) is 11.6 Å². The first kappa shape index (κ1) is 13.4. The quantitative estimate of drug-likeness (QED) is 0.591. The van der Waals surface area contributed by atoms with Gasteiger partial charge in [-0.3, -0.25) is 0 Å². The zero-order valence-electron chi connectivity index (χ0n) is 9.22. The van der Waals surface area contributed by atoms with Crippen LogP contribution in [0.25, 0.3) is 0 Å². The molecule has 1 nitrogen and oxygen atoms in total. The molecule has 1 aromatic heterocycles. The average molecular weight is 264 g/mol. The van der Waals surface area contributed by atoms with E-state index in [0.29, 0.717) is 0 Å². The molecule has 0 saturated carbocycles. The van der Waals surface area contributed by atoms with Crippen LogP contribution in [0, 0.1) is 0 Å². The summed E-state index contributed by atoms with van der Waals surface area (Å²) in [5, 5.41) is 3.45. The highest BCUT2D eigenvalue weighted by Gasteiger charge is 2.21. The van der Waals surface area contributed by atoms with Gasteiger partial charge in [-0.2, -0.15) is 12.6 Å². The molecule has 0 bridgehead atoms. The highest BCUT2D eigenvalue weighted by molar-refractivity contribution is 7.80. The summed E-state index contributed by atoms with van der Waals surface area (Å²) in [7, 11) is 0. The van der Waals surface area contributed by atoms with Crippen LogP contribution in [0.1, 0.15) is 25.1 Å². The second-order valence-corrected chi connectivity index (χ2v) is 6.40. The van der Waals surface area contributed by atoms with Gasteiger partial charge in [0.05, 0.1) is 4.34 Å². The van der Waals surface area contributed by atoms with Gasteiger partial charge >= 0.3 is 0 Å². The third-order valence-electron chi connectivity index (χ3n) is 2.32. The molecule has 0 saturated heterocycles. The molecule has 1 rings (SSSR count). The summed E-state index contributed by atoms with van der Waals surface area (Å²) in [6.45, 7) is 6.50. The molecule has 15 heavy (non-hydrogen) atoms. The normalized spacial score (nSPS) is 12.0. The Balaban J connectivity index is 2.44. The van der Waals surface area contributed by atoms with Crippen LogP contribution < -0.4 is 5.32 Å². The van der Waals surface area contributed by atoms with E-state index >= 15 is 0 Å². The molecule has 1 N–H and O–H groups in total. The lowest BCUT2D eigenvalue weighted by Crippen LogP contribution is -2.32. The van der Waals surface area contributed by atoms with Crippen LogP contribution in [0.3, 0.4) is 0 Å². The van der Waals surface area contributed by atoms with Gasteiger partial charge < -0.3 is 5.32 Å². The van der Waals surface area contributed by atoms with Gasteiger partial charge in [0.15, 0.2) is 0 Å². The fourth-order valence-corrected chi connectivity index (χ4v) is 2.67. The number of hydrogen-bond donors (Lipinski definition) is 2. The van der Waals surface area contributed by atoms with Crippen molar-refractivity contribution in [3.63, 3.8) is 0 Å². The second-order valence-electron chi connectivity index (χ2n) is 4.24. The monoisotopic (exact) mass is 263 g/mol. The van der Waals surface area contributed by atoms with Crippen molar-refractivity contribution in [2.45, 2.75) is 25.7 Å². The highest BCUT2D eigenvalue weighted by atomic mass is 35.5. The average Bonchev–Trinajstić information content (AvgIpc) is 2.60. The predicted molar refractivity (Wildman–Crippen MR) is 73.7 cm³/mol. The maximum Gasteiger partial charge on any atom is 0.0931 e. The molecule has 0 atom stereocenters. The molecular weight excluding hydrogens is 246 g/mol. The molecule has 0 amide bonds. The molecule has 0 aliphatic rings. The molecule has 0 aromatic carbocycles. The molecule has 0 fully saturated rings. The van der Waals surface area contributed by atoms with E-state index < -0.39 is 0 Å². The molecular formula is C11H18ClNS2. The summed E-state index contributed by atoms with van der Waals surface area (Å²) in [6, 6.07) is 4.09. The molecule has 86 valence electrons. The molecule has 0 radical (unpaired) electrons. The Hall–Kier alpha value is 0.300. The van der Waals surface area contributed by atoms with Crippen molar-refractivity contribution in [1.29, 1.82) is 0 Å². The zero-order valence-corrected chi connectivity index (χ0v) is 11.7. The summed E-state index contributed by atoms with van der Waals surface area (Å²) in [5.74, 6) is 0.943. The van der Waals surface area contributed by atoms with Crippen LogP contribution in [0.4, 0.5) is 0 Å². The van der Waals surface area contributed by atoms with Crippen molar-refractivity contribution in [3.05, 3.63) is 21.3 Å². The van der Waals surface area contributed by atoms with Crippen molar-refractivity contribution >= 4 is 35.6 Å². The van der Waals surface area contributed by atoms with E-state index in [1.165, 1.54) is 4.88 Å². The van der Waals surface area contributed by atoms with Gasteiger partial charge in [0.1, 0.15) is 0 Å². The largest absolute Gasteiger partial charge is 0.316 e. The van der Waals surface area contributed by atoms with Crippen LogP contribution in [0.15, 0.2) is 12.1 Å². The molecule has 0 spiro atoms. The predicted octanol–water partition coefficient (Wildman–Crippen LogP) is 3.59. The summed E-state index contributed by atoms with van der Waals surface area (Å²) >= 11 is 11.8. The van der Waals surface area contributed by atoms with E-state index in [0.717, 1.165) is 29.6 Å². The maximum absolute atomic E-state index is 5.94. The lowest BCUT2D eigenvalue weighted by Gasteiger charge is -2.23. The van der Waals surface area contributed by atoms with Gasteiger partial charge in [-0.05, 0) is 30.9 Å². The van der Waals surface area contributed by atoms with E-state index in [1.54, 1.807) is 11.3 Å². The minimum atomic E-state index is 0.161. The SMILES string of the molecule is CC(C)(CNCCCS)c1ccc(Cl)s1. The van der Waals surface area contributed by atoms with Gasteiger partial charge in [-0.1, -0.05) is 25.4 Å². The summed E-state index contributed by atoms with van der Waals surface area (Å²) in [5.41, 5.74) is 0.161. The summed E-state index contributed by atoms with van der Waals surface area (Å²) in [4.78, 5) is 1.34. The molecule has 0 aliphatic heterocycles. The van der Waals surface area contributed by atoms with Crippen LogP contribution in [-0.2, 0) is 5.41 Å². The molecule has 4 heteroatoms. The van der Waals surface area contributed by atoms with Crippen LogP contribution in [-0.4, -0.2) is 18.8 Å². The summed E-state index contributed by atoms with van der Waals surface area (Å²) in [6.07, 6.45) is 1.12. The highest BCUT2D eigenvalue weighted by Crippen LogP contribution is 2.31. The smallest absolute Gasteiger partial charge is 0.0931 e. The third kappa shape index (κ3) is 4.35. The maximum atomic E-state index is 5.94.